The molecule has 2 rings (SSSR count). The Morgan fingerprint density at radius 2 is 2.64 bits per heavy atom. The summed E-state index contributed by atoms with van der Waals surface area (Å²) in [4.78, 5) is 14.1. The maximum absolute atomic E-state index is 10.1. The standard InChI is InChI=1S/C6H6N4O/c11-3-8-6-4-1-7-2-5(4)9-10-6/h1,3H,2H2,(H2,8,9,10,11). The van der Waals surface area contributed by atoms with Gasteiger partial charge in [-0.25, -0.2) is 0 Å². The van der Waals surface area contributed by atoms with Crippen molar-refractivity contribution in [3.05, 3.63) is 11.3 Å². The summed E-state index contributed by atoms with van der Waals surface area (Å²) in [5.74, 6) is 0.622. The van der Waals surface area contributed by atoms with Crippen LogP contribution in [0.3, 0.4) is 0 Å². The topological polar surface area (TPSA) is 70.1 Å². The zero-order valence-corrected chi connectivity index (χ0v) is 5.66. The van der Waals surface area contributed by atoms with E-state index in [-0.39, 0.29) is 0 Å². The van der Waals surface area contributed by atoms with E-state index in [4.69, 9.17) is 0 Å². The van der Waals surface area contributed by atoms with Crippen LogP contribution in [-0.4, -0.2) is 22.8 Å². The number of anilines is 1. The summed E-state index contributed by atoms with van der Waals surface area (Å²) >= 11 is 0. The van der Waals surface area contributed by atoms with Crippen LogP contribution in [-0.2, 0) is 11.3 Å². The number of nitrogens with one attached hydrogen (secondary N) is 2. The number of amides is 1. The van der Waals surface area contributed by atoms with Crippen molar-refractivity contribution in [1.29, 1.82) is 0 Å². The number of nitrogens with zero attached hydrogens (tertiary/aromatic N) is 2. The van der Waals surface area contributed by atoms with E-state index < -0.39 is 0 Å². The zero-order chi connectivity index (χ0) is 7.68. The third-order valence-corrected chi connectivity index (χ3v) is 1.55. The number of carbonyl (C=O) groups excluding carboxylic acids is 1. The number of carbonyl (C=O) groups is 1. The van der Waals surface area contributed by atoms with Crippen molar-refractivity contribution in [3.8, 4) is 0 Å². The summed E-state index contributed by atoms with van der Waals surface area (Å²) in [6, 6.07) is 0. The Morgan fingerprint density at radius 1 is 1.73 bits per heavy atom. The minimum Gasteiger partial charge on any atom is -0.313 e. The lowest BCUT2D eigenvalue weighted by Crippen LogP contribution is -1.96. The highest BCUT2D eigenvalue weighted by Crippen LogP contribution is 2.18. The Bertz CT molecular complexity index is 314. The summed E-state index contributed by atoms with van der Waals surface area (Å²) in [6.07, 6.45) is 2.31. The highest BCUT2D eigenvalue weighted by atomic mass is 16.1. The van der Waals surface area contributed by atoms with Crippen molar-refractivity contribution < 1.29 is 4.79 Å². The van der Waals surface area contributed by atoms with Gasteiger partial charge in [-0.05, 0) is 0 Å². The van der Waals surface area contributed by atoms with E-state index >= 15 is 0 Å². The highest BCUT2D eigenvalue weighted by molar-refractivity contribution is 5.92. The predicted molar refractivity (Wildman–Crippen MR) is 39.6 cm³/mol. The van der Waals surface area contributed by atoms with Crippen LogP contribution < -0.4 is 5.32 Å². The molecular formula is C6H6N4O. The van der Waals surface area contributed by atoms with Gasteiger partial charge < -0.3 is 5.32 Å². The summed E-state index contributed by atoms with van der Waals surface area (Å²) in [5, 5.41) is 9.14. The van der Waals surface area contributed by atoms with Crippen LogP contribution in [0.15, 0.2) is 4.99 Å². The average Bonchev–Trinajstić information content (AvgIpc) is 2.53. The Balaban J connectivity index is 2.41. The lowest BCUT2D eigenvalue weighted by atomic mass is 10.3. The molecule has 1 amide bonds. The average molecular weight is 150 g/mol. The van der Waals surface area contributed by atoms with Gasteiger partial charge in [0.1, 0.15) is 5.82 Å². The molecule has 2 heterocycles. The quantitative estimate of drug-likeness (QED) is 0.578. The Morgan fingerprint density at radius 3 is 3.45 bits per heavy atom. The second-order valence-electron chi connectivity index (χ2n) is 2.19. The molecule has 5 heteroatoms. The molecule has 0 radical (unpaired) electrons. The van der Waals surface area contributed by atoms with Gasteiger partial charge in [0.15, 0.2) is 0 Å². The van der Waals surface area contributed by atoms with E-state index in [0.717, 1.165) is 11.3 Å². The molecule has 0 saturated heterocycles. The molecule has 1 aliphatic heterocycles. The SMILES string of the molecule is O=CNc1[nH]nc2c1C=NC2. The van der Waals surface area contributed by atoms with Crippen molar-refractivity contribution in [2.24, 2.45) is 4.99 Å². The molecule has 2 N–H and O–H groups in total. The summed E-state index contributed by atoms with van der Waals surface area (Å²) in [6.45, 7) is 0.604. The van der Waals surface area contributed by atoms with Crippen LogP contribution in [0.1, 0.15) is 11.3 Å². The van der Waals surface area contributed by atoms with Gasteiger partial charge in [-0.2, -0.15) is 5.10 Å². The number of hydrogen-bond donors (Lipinski definition) is 2. The molecule has 56 valence electrons. The van der Waals surface area contributed by atoms with Crippen molar-refractivity contribution in [1.82, 2.24) is 10.2 Å². The van der Waals surface area contributed by atoms with Crippen molar-refractivity contribution >= 4 is 18.4 Å². The molecule has 0 spiro atoms. The first kappa shape index (κ1) is 6.09. The van der Waals surface area contributed by atoms with Crippen molar-refractivity contribution in [2.45, 2.75) is 6.54 Å². The third-order valence-electron chi connectivity index (χ3n) is 1.55. The molecule has 1 aliphatic rings. The van der Waals surface area contributed by atoms with Gasteiger partial charge in [-0.15, -0.1) is 0 Å². The van der Waals surface area contributed by atoms with Crippen molar-refractivity contribution in [2.75, 3.05) is 5.32 Å². The molecule has 0 unspecified atom stereocenters. The molecule has 11 heavy (non-hydrogen) atoms. The van der Waals surface area contributed by atoms with E-state index in [0.29, 0.717) is 18.8 Å². The smallest absolute Gasteiger partial charge is 0.212 e. The van der Waals surface area contributed by atoms with E-state index in [2.05, 4.69) is 20.5 Å². The highest BCUT2D eigenvalue weighted by Gasteiger charge is 2.13. The minimum absolute atomic E-state index is 0.604. The summed E-state index contributed by atoms with van der Waals surface area (Å²) in [7, 11) is 0. The maximum Gasteiger partial charge on any atom is 0.212 e. The first-order chi connectivity index (χ1) is 5.42. The molecule has 0 aliphatic carbocycles. The third kappa shape index (κ3) is 0.813. The molecule has 5 nitrogen and oxygen atoms in total. The number of hydrogen-bond acceptors (Lipinski definition) is 3. The lowest BCUT2D eigenvalue weighted by Gasteiger charge is -1.91. The molecule has 0 fully saturated rings. The molecule has 1 aromatic rings. The normalized spacial score (nSPS) is 13.1. The van der Waals surface area contributed by atoms with E-state index in [9.17, 15) is 4.79 Å². The predicted octanol–water partition coefficient (Wildman–Crippen LogP) is -0.0895. The van der Waals surface area contributed by atoms with Gasteiger partial charge in [0, 0.05) is 6.21 Å². The van der Waals surface area contributed by atoms with Crippen LogP contribution in [0.5, 0.6) is 0 Å². The Labute approximate surface area is 62.5 Å². The number of aromatic nitrogens is 2. The van der Waals surface area contributed by atoms with Gasteiger partial charge in [0.05, 0.1) is 17.8 Å². The Hall–Kier alpha value is -1.65. The second kappa shape index (κ2) is 2.19. The lowest BCUT2D eigenvalue weighted by molar-refractivity contribution is -0.105. The number of aliphatic imine (C=N–C) groups is 1. The summed E-state index contributed by atoms with van der Waals surface area (Å²) in [5.41, 5.74) is 1.77. The van der Waals surface area contributed by atoms with E-state index in [1.54, 1.807) is 6.21 Å². The fourth-order valence-corrected chi connectivity index (χ4v) is 1.04. The molecule has 0 atom stereocenters. The van der Waals surface area contributed by atoms with Crippen LogP contribution in [0.25, 0.3) is 0 Å². The number of H-pyrrole nitrogens is 1. The van der Waals surface area contributed by atoms with Crippen LogP contribution in [0.2, 0.25) is 0 Å². The van der Waals surface area contributed by atoms with Crippen molar-refractivity contribution in [3.63, 3.8) is 0 Å². The van der Waals surface area contributed by atoms with Gasteiger partial charge in [0.25, 0.3) is 0 Å². The first-order valence-electron chi connectivity index (χ1n) is 3.19. The van der Waals surface area contributed by atoms with Gasteiger partial charge in [-0.1, -0.05) is 0 Å². The maximum atomic E-state index is 10.1. The molecule has 0 saturated carbocycles. The number of fused-ring (bicyclic) bond motifs is 1. The fraction of sp³-hybridized carbons (Fsp3) is 0.167. The molecular weight excluding hydrogens is 144 g/mol. The van der Waals surface area contributed by atoms with Crippen LogP contribution >= 0.6 is 0 Å². The largest absolute Gasteiger partial charge is 0.313 e. The first-order valence-corrected chi connectivity index (χ1v) is 3.19. The second-order valence-corrected chi connectivity index (χ2v) is 2.19. The number of rotatable bonds is 2. The summed E-state index contributed by atoms with van der Waals surface area (Å²) < 4.78 is 0. The van der Waals surface area contributed by atoms with Gasteiger partial charge >= 0.3 is 0 Å². The molecule has 1 aromatic heterocycles. The van der Waals surface area contributed by atoms with E-state index in [1.807, 2.05) is 0 Å². The van der Waals surface area contributed by atoms with E-state index in [1.165, 1.54) is 0 Å². The molecule has 0 bridgehead atoms. The fourth-order valence-electron chi connectivity index (χ4n) is 1.04. The number of aromatic amines is 1. The Kier molecular flexibility index (Phi) is 1.21. The van der Waals surface area contributed by atoms with Gasteiger partial charge in [-0.3, -0.25) is 14.9 Å². The zero-order valence-electron chi connectivity index (χ0n) is 5.66. The minimum atomic E-state index is 0.604. The van der Waals surface area contributed by atoms with Gasteiger partial charge in [0.2, 0.25) is 6.41 Å². The van der Waals surface area contributed by atoms with Crippen LogP contribution in [0.4, 0.5) is 5.82 Å². The van der Waals surface area contributed by atoms with Crippen LogP contribution in [0, 0.1) is 0 Å². The molecule has 0 aromatic carbocycles. The monoisotopic (exact) mass is 150 g/mol.